The molecule has 1 fully saturated rings. The molecule has 2 rings (SSSR count). The predicted molar refractivity (Wildman–Crippen MR) is 99.7 cm³/mol. The van der Waals surface area contributed by atoms with E-state index >= 15 is 0 Å². The Morgan fingerprint density at radius 2 is 2.08 bits per heavy atom. The molecular weight excluding hydrogens is 320 g/mol. The number of pyridine rings is 1. The Kier molecular flexibility index (Phi) is 6.06. The number of hydrogen-bond donors (Lipinski definition) is 2. The second kappa shape index (κ2) is 8.04. The van der Waals surface area contributed by atoms with Crippen molar-refractivity contribution in [3.05, 3.63) is 12.1 Å². The first-order valence-corrected chi connectivity index (χ1v) is 8.51. The molecule has 1 aliphatic heterocycles. The van der Waals surface area contributed by atoms with Gasteiger partial charge in [0.1, 0.15) is 11.9 Å². The zero-order chi connectivity index (χ0) is 18.6. The van der Waals surface area contributed by atoms with Gasteiger partial charge in [0.05, 0.1) is 5.69 Å². The molecule has 0 spiro atoms. The molecule has 25 heavy (non-hydrogen) atoms. The Labute approximate surface area is 149 Å². The average Bonchev–Trinajstić information content (AvgIpc) is 3.03. The second-order valence-corrected chi connectivity index (χ2v) is 6.57. The monoisotopic (exact) mass is 348 g/mol. The van der Waals surface area contributed by atoms with Gasteiger partial charge in [0.15, 0.2) is 5.82 Å². The third-order valence-electron chi connectivity index (χ3n) is 4.35. The van der Waals surface area contributed by atoms with Gasteiger partial charge in [0.2, 0.25) is 11.8 Å². The van der Waals surface area contributed by atoms with Gasteiger partial charge in [-0.3, -0.25) is 9.59 Å². The van der Waals surface area contributed by atoms with Crippen molar-refractivity contribution in [2.45, 2.75) is 25.8 Å². The van der Waals surface area contributed by atoms with Gasteiger partial charge in [0, 0.05) is 47.7 Å². The topological polar surface area (TPSA) is 94.8 Å². The van der Waals surface area contributed by atoms with Gasteiger partial charge in [0.25, 0.3) is 0 Å². The van der Waals surface area contributed by atoms with Gasteiger partial charge in [-0.2, -0.15) is 0 Å². The first kappa shape index (κ1) is 18.8. The fraction of sp³-hybridized carbons (Fsp3) is 0.588. The van der Waals surface area contributed by atoms with Crippen molar-refractivity contribution in [2.24, 2.45) is 0 Å². The van der Waals surface area contributed by atoms with Crippen LogP contribution in [0.4, 0.5) is 17.3 Å². The van der Waals surface area contributed by atoms with Crippen LogP contribution in [0.25, 0.3) is 0 Å². The number of nitrogens with zero attached hydrogens (tertiary/aromatic N) is 4. The summed E-state index contributed by atoms with van der Waals surface area (Å²) in [6.07, 6.45) is 1.79. The van der Waals surface area contributed by atoms with E-state index in [2.05, 4.69) is 10.3 Å². The van der Waals surface area contributed by atoms with Crippen LogP contribution in [0.1, 0.15) is 19.8 Å². The van der Waals surface area contributed by atoms with Crippen molar-refractivity contribution in [1.82, 2.24) is 15.2 Å². The number of nitrogens with two attached hydrogens (primary N) is 1. The number of carbonyl (C=O) groups excluding carboxylic acids is 2. The first-order valence-electron chi connectivity index (χ1n) is 8.51. The van der Waals surface area contributed by atoms with Gasteiger partial charge < -0.3 is 25.8 Å². The maximum absolute atomic E-state index is 12.4. The van der Waals surface area contributed by atoms with E-state index in [1.807, 2.05) is 29.0 Å². The van der Waals surface area contributed by atoms with E-state index in [9.17, 15) is 9.59 Å². The molecule has 1 aromatic heterocycles. The van der Waals surface area contributed by atoms with Gasteiger partial charge >= 0.3 is 0 Å². The van der Waals surface area contributed by atoms with Crippen LogP contribution >= 0.6 is 0 Å². The Morgan fingerprint density at radius 3 is 2.72 bits per heavy atom. The van der Waals surface area contributed by atoms with Gasteiger partial charge in [-0.15, -0.1) is 0 Å². The fourth-order valence-electron chi connectivity index (χ4n) is 3.02. The minimum atomic E-state index is -0.177. The molecule has 0 radical (unpaired) electrons. The van der Waals surface area contributed by atoms with Crippen LogP contribution in [0.5, 0.6) is 0 Å². The molecule has 0 saturated carbocycles. The molecule has 3 N–H and O–H groups in total. The summed E-state index contributed by atoms with van der Waals surface area (Å²) in [7, 11) is 5.43. The normalized spacial score (nSPS) is 16.6. The molecule has 0 bridgehead atoms. The molecule has 2 heterocycles. The lowest BCUT2D eigenvalue weighted by Gasteiger charge is -2.28. The van der Waals surface area contributed by atoms with Crippen LogP contribution in [-0.4, -0.2) is 68.5 Å². The van der Waals surface area contributed by atoms with Gasteiger partial charge in [-0.05, 0) is 25.0 Å². The van der Waals surface area contributed by atoms with Crippen molar-refractivity contribution in [3.8, 4) is 0 Å². The number of hydrogen-bond acceptors (Lipinski definition) is 6. The van der Waals surface area contributed by atoms with Gasteiger partial charge in [-0.25, -0.2) is 4.98 Å². The highest BCUT2D eigenvalue weighted by atomic mass is 16.2. The van der Waals surface area contributed by atoms with Crippen molar-refractivity contribution in [3.63, 3.8) is 0 Å². The number of anilines is 3. The van der Waals surface area contributed by atoms with E-state index in [1.165, 1.54) is 6.92 Å². The summed E-state index contributed by atoms with van der Waals surface area (Å²) in [6.45, 7) is 3.40. The average molecular weight is 348 g/mol. The Morgan fingerprint density at radius 1 is 1.36 bits per heavy atom. The smallest absolute Gasteiger partial charge is 0.244 e. The summed E-state index contributed by atoms with van der Waals surface area (Å²) in [4.78, 5) is 33.7. The molecule has 2 amide bonds. The molecule has 1 unspecified atom stereocenters. The molecular formula is C17H28N6O2. The van der Waals surface area contributed by atoms with Crippen LogP contribution in [0.15, 0.2) is 12.1 Å². The number of amides is 2. The number of likely N-dealkylation sites (N-methyl/N-ethyl adjacent to an activating group) is 2. The Hall–Kier alpha value is -2.51. The lowest BCUT2D eigenvalue weighted by atomic mass is 10.2. The highest BCUT2D eigenvalue weighted by Gasteiger charge is 2.32. The quantitative estimate of drug-likeness (QED) is 0.767. The number of nitrogens with one attached hydrogen (secondary N) is 1. The van der Waals surface area contributed by atoms with Crippen LogP contribution in [0.2, 0.25) is 0 Å². The Balaban J connectivity index is 2.17. The molecule has 1 aliphatic rings. The van der Waals surface area contributed by atoms with Gasteiger partial charge in [-0.1, -0.05) is 0 Å². The standard InChI is InChI=1S/C17H28N6O2/c1-12(24)19-9-11-22(4)16-13(18)7-8-15(20-16)23-10-5-6-14(23)17(25)21(2)3/h7-8,14H,5-6,9-11,18H2,1-4H3,(H,19,24). The third kappa shape index (κ3) is 4.52. The lowest BCUT2D eigenvalue weighted by molar-refractivity contribution is -0.129. The van der Waals surface area contributed by atoms with Crippen LogP contribution < -0.4 is 20.9 Å². The highest BCUT2D eigenvalue weighted by Crippen LogP contribution is 2.29. The summed E-state index contributed by atoms with van der Waals surface area (Å²) in [6, 6.07) is 3.51. The van der Waals surface area contributed by atoms with E-state index in [4.69, 9.17) is 5.73 Å². The van der Waals surface area contributed by atoms with Crippen molar-refractivity contribution >= 4 is 29.1 Å². The van der Waals surface area contributed by atoms with Crippen molar-refractivity contribution in [2.75, 3.05) is 56.3 Å². The minimum absolute atomic E-state index is 0.0646. The molecule has 8 nitrogen and oxygen atoms in total. The molecule has 1 aromatic rings. The zero-order valence-electron chi connectivity index (χ0n) is 15.5. The number of carbonyl (C=O) groups is 2. The van der Waals surface area contributed by atoms with E-state index in [0.29, 0.717) is 24.6 Å². The summed E-state index contributed by atoms with van der Waals surface area (Å²) < 4.78 is 0. The van der Waals surface area contributed by atoms with E-state index in [1.54, 1.807) is 19.0 Å². The lowest BCUT2D eigenvalue weighted by Crippen LogP contribution is -2.43. The molecule has 8 heteroatoms. The van der Waals surface area contributed by atoms with E-state index < -0.39 is 0 Å². The molecule has 0 aliphatic carbocycles. The first-order chi connectivity index (χ1) is 11.8. The van der Waals surface area contributed by atoms with E-state index in [-0.39, 0.29) is 17.9 Å². The zero-order valence-corrected chi connectivity index (χ0v) is 15.5. The van der Waals surface area contributed by atoms with Crippen LogP contribution in [0.3, 0.4) is 0 Å². The maximum Gasteiger partial charge on any atom is 0.244 e. The highest BCUT2D eigenvalue weighted by molar-refractivity contribution is 5.85. The van der Waals surface area contributed by atoms with Crippen LogP contribution in [0, 0.1) is 0 Å². The molecule has 0 aromatic carbocycles. The predicted octanol–water partition coefficient (Wildman–Crippen LogP) is 0.293. The maximum atomic E-state index is 12.4. The summed E-state index contributed by atoms with van der Waals surface area (Å²) in [5.41, 5.74) is 6.65. The molecule has 1 saturated heterocycles. The summed E-state index contributed by atoms with van der Waals surface area (Å²) >= 11 is 0. The molecule has 1 atom stereocenters. The van der Waals surface area contributed by atoms with Crippen LogP contribution in [-0.2, 0) is 9.59 Å². The second-order valence-electron chi connectivity index (χ2n) is 6.57. The van der Waals surface area contributed by atoms with Crippen molar-refractivity contribution < 1.29 is 9.59 Å². The van der Waals surface area contributed by atoms with Crippen molar-refractivity contribution in [1.29, 1.82) is 0 Å². The summed E-state index contributed by atoms with van der Waals surface area (Å²) in [5, 5.41) is 2.76. The number of aromatic nitrogens is 1. The third-order valence-corrected chi connectivity index (χ3v) is 4.35. The number of rotatable bonds is 6. The number of nitrogen functional groups attached to an aromatic ring is 1. The fourth-order valence-corrected chi connectivity index (χ4v) is 3.02. The summed E-state index contributed by atoms with van der Waals surface area (Å²) in [5.74, 6) is 1.45. The largest absolute Gasteiger partial charge is 0.396 e. The van der Waals surface area contributed by atoms with E-state index in [0.717, 1.165) is 25.2 Å². The minimum Gasteiger partial charge on any atom is -0.396 e. The molecule has 138 valence electrons. The Bertz CT molecular complexity index is 634. The SMILES string of the molecule is CC(=O)NCCN(C)c1nc(N2CCCC2C(=O)N(C)C)ccc1N.